The lowest BCUT2D eigenvalue weighted by Crippen LogP contribution is -2.25. The lowest BCUT2D eigenvalue weighted by atomic mass is 9.88. The van der Waals surface area contributed by atoms with Gasteiger partial charge in [0.05, 0.1) is 7.11 Å². The number of hydrogen-bond donors (Lipinski definition) is 1. The average molecular weight is 479 g/mol. The molecule has 0 saturated carbocycles. The highest BCUT2D eigenvalue weighted by molar-refractivity contribution is 5.75. The second-order valence-corrected chi connectivity index (χ2v) is 9.41. The fraction of sp³-hybridized carbons (Fsp3) is 0.200. The first-order valence-electron chi connectivity index (χ1n) is 12.0. The van der Waals surface area contributed by atoms with E-state index in [2.05, 4.69) is 54.9 Å². The number of hydrogen-bond acceptors (Lipinski definition) is 6. The molecule has 6 heteroatoms. The van der Waals surface area contributed by atoms with Crippen molar-refractivity contribution >= 4 is 23.4 Å². The van der Waals surface area contributed by atoms with E-state index < -0.39 is 0 Å². The van der Waals surface area contributed by atoms with E-state index in [1.165, 1.54) is 0 Å². The molecule has 6 nitrogen and oxygen atoms in total. The monoisotopic (exact) mass is 478 g/mol. The van der Waals surface area contributed by atoms with Gasteiger partial charge < -0.3 is 19.7 Å². The van der Waals surface area contributed by atoms with Crippen LogP contribution < -0.4 is 19.7 Å². The lowest BCUT2D eigenvalue weighted by molar-refractivity contribution is 0.414. The van der Waals surface area contributed by atoms with E-state index in [0.29, 0.717) is 12.4 Å². The molecule has 0 bridgehead atoms. The van der Waals surface area contributed by atoms with Gasteiger partial charge in [-0.15, -0.1) is 0 Å². The summed E-state index contributed by atoms with van der Waals surface area (Å²) in [6.07, 6.45) is 1.69. The van der Waals surface area contributed by atoms with Gasteiger partial charge in [0.1, 0.15) is 28.9 Å². The van der Waals surface area contributed by atoms with Crippen LogP contribution in [0.25, 0.3) is 6.08 Å². The number of rotatable bonds is 8. The van der Waals surface area contributed by atoms with Crippen LogP contribution in [0.5, 0.6) is 17.2 Å². The van der Waals surface area contributed by atoms with Gasteiger partial charge >= 0.3 is 0 Å². The number of methoxy groups -OCH3 is 1. The van der Waals surface area contributed by atoms with Crippen LogP contribution in [-0.4, -0.2) is 23.6 Å². The first-order valence-corrected chi connectivity index (χ1v) is 12.0. The first-order chi connectivity index (χ1) is 17.5. The van der Waals surface area contributed by atoms with Crippen LogP contribution in [-0.2, 0) is 12.0 Å². The Morgan fingerprint density at radius 1 is 0.917 bits per heavy atom. The Morgan fingerprint density at radius 2 is 1.58 bits per heavy atom. The standard InChI is InChI=1S/C30H30N4O2/c1-5-26-32-28(31-19-21-11-15-23(35-4)16-12-21)27-29(33-26)34(20-30(27,2)3)22-13-17-25(18-14-22)36-24-9-7-6-8-10-24/h5-18H,1,19-20H2,2-4H3,(H,31,32,33). The molecule has 4 aromatic rings. The van der Waals surface area contributed by atoms with Gasteiger partial charge in [-0.3, -0.25) is 0 Å². The minimum atomic E-state index is -0.156. The molecule has 0 spiro atoms. The molecule has 182 valence electrons. The molecule has 0 radical (unpaired) electrons. The van der Waals surface area contributed by atoms with Crippen LogP contribution in [0.15, 0.2) is 85.4 Å². The molecule has 0 amide bonds. The molecule has 5 rings (SSSR count). The van der Waals surface area contributed by atoms with E-state index in [4.69, 9.17) is 19.4 Å². The first kappa shape index (κ1) is 23.4. The molecule has 0 saturated heterocycles. The largest absolute Gasteiger partial charge is 0.497 e. The zero-order valence-corrected chi connectivity index (χ0v) is 20.9. The molecule has 2 heterocycles. The molecule has 1 aromatic heterocycles. The number of nitrogens with zero attached hydrogens (tertiary/aromatic N) is 3. The molecule has 3 aromatic carbocycles. The Hall–Kier alpha value is -4.32. The quantitative estimate of drug-likeness (QED) is 0.295. The molecule has 1 aliphatic heterocycles. The van der Waals surface area contributed by atoms with Crippen LogP contribution >= 0.6 is 0 Å². The second-order valence-electron chi connectivity index (χ2n) is 9.41. The van der Waals surface area contributed by atoms with Crippen molar-refractivity contribution in [3.05, 3.63) is 102 Å². The van der Waals surface area contributed by atoms with Gasteiger partial charge in [0, 0.05) is 29.8 Å². The molecular weight excluding hydrogens is 448 g/mol. The van der Waals surface area contributed by atoms with Crippen molar-refractivity contribution < 1.29 is 9.47 Å². The minimum absolute atomic E-state index is 0.156. The highest BCUT2D eigenvalue weighted by atomic mass is 16.5. The number of ether oxygens (including phenoxy) is 2. The second kappa shape index (κ2) is 9.74. The van der Waals surface area contributed by atoms with Gasteiger partial charge in [-0.25, -0.2) is 9.97 Å². The van der Waals surface area contributed by atoms with E-state index >= 15 is 0 Å². The fourth-order valence-electron chi connectivity index (χ4n) is 4.51. The van der Waals surface area contributed by atoms with E-state index in [-0.39, 0.29) is 5.41 Å². The zero-order chi connectivity index (χ0) is 25.1. The van der Waals surface area contributed by atoms with E-state index in [1.54, 1.807) is 13.2 Å². The zero-order valence-electron chi connectivity index (χ0n) is 20.9. The van der Waals surface area contributed by atoms with Crippen molar-refractivity contribution in [3.63, 3.8) is 0 Å². The number of para-hydroxylation sites is 1. The summed E-state index contributed by atoms with van der Waals surface area (Å²) in [5, 5.41) is 3.55. The highest BCUT2D eigenvalue weighted by Crippen LogP contribution is 2.46. The van der Waals surface area contributed by atoms with Crippen molar-refractivity contribution in [2.24, 2.45) is 0 Å². The summed E-state index contributed by atoms with van der Waals surface area (Å²) < 4.78 is 11.3. The Morgan fingerprint density at radius 3 is 2.25 bits per heavy atom. The summed E-state index contributed by atoms with van der Waals surface area (Å²) >= 11 is 0. The summed E-state index contributed by atoms with van der Waals surface area (Å²) in [4.78, 5) is 11.9. The summed E-state index contributed by atoms with van der Waals surface area (Å²) in [7, 11) is 1.67. The summed E-state index contributed by atoms with van der Waals surface area (Å²) in [6.45, 7) is 9.81. The minimum Gasteiger partial charge on any atom is -0.497 e. The molecule has 1 N–H and O–H groups in total. The number of fused-ring (bicyclic) bond motifs is 1. The maximum absolute atomic E-state index is 5.98. The molecule has 0 atom stereocenters. The normalized spacial score (nSPS) is 13.7. The van der Waals surface area contributed by atoms with Gasteiger partial charge in [-0.1, -0.05) is 50.8 Å². The van der Waals surface area contributed by atoms with Crippen LogP contribution in [0.2, 0.25) is 0 Å². The molecular formula is C30H30N4O2. The van der Waals surface area contributed by atoms with Crippen LogP contribution in [0, 0.1) is 0 Å². The van der Waals surface area contributed by atoms with E-state index in [0.717, 1.165) is 52.2 Å². The van der Waals surface area contributed by atoms with Gasteiger partial charge in [-0.2, -0.15) is 0 Å². The Kier molecular flexibility index (Phi) is 6.34. The van der Waals surface area contributed by atoms with Crippen molar-refractivity contribution in [2.75, 3.05) is 23.9 Å². The van der Waals surface area contributed by atoms with Gasteiger partial charge in [0.25, 0.3) is 0 Å². The third-order valence-corrected chi connectivity index (χ3v) is 6.32. The summed E-state index contributed by atoms with van der Waals surface area (Å²) in [5.41, 5.74) is 3.14. The molecule has 0 aliphatic carbocycles. The van der Waals surface area contributed by atoms with E-state index in [9.17, 15) is 0 Å². The van der Waals surface area contributed by atoms with Crippen molar-refractivity contribution in [2.45, 2.75) is 25.8 Å². The topological polar surface area (TPSA) is 59.5 Å². The smallest absolute Gasteiger partial charge is 0.156 e. The molecule has 1 aliphatic rings. The predicted molar refractivity (Wildman–Crippen MR) is 145 cm³/mol. The number of aromatic nitrogens is 2. The highest BCUT2D eigenvalue weighted by Gasteiger charge is 2.40. The molecule has 0 unspecified atom stereocenters. The van der Waals surface area contributed by atoms with Crippen molar-refractivity contribution in [1.82, 2.24) is 9.97 Å². The van der Waals surface area contributed by atoms with Crippen molar-refractivity contribution in [1.29, 1.82) is 0 Å². The average Bonchev–Trinajstić information content (AvgIpc) is 3.19. The van der Waals surface area contributed by atoms with Crippen LogP contribution in [0.3, 0.4) is 0 Å². The van der Waals surface area contributed by atoms with E-state index in [1.807, 2.05) is 54.6 Å². The number of nitrogens with one attached hydrogen (secondary N) is 1. The van der Waals surface area contributed by atoms with Crippen molar-refractivity contribution in [3.8, 4) is 17.2 Å². The number of benzene rings is 3. The van der Waals surface area contributed by atoms with Gasteiger partial charge in [0.2, 0.25) is 0 Å². The van der Waals surface area contributed by atoms with Crippen LogP contribution in [0.1, 0.15) is 30.8 Å². The van der Waals surface area contributed by atoms with Gasteiger partial charge in [0.15, 0.2) is 5.82 Å². The fourth-order valence-corrected chi connectivity index (χ4v) is 4.51. The van der Waals surface area contributed by atoms with Gasteiger partial charge in [-0.05, 0) is 60.2 Å². The summed E-state index contributed by atoms with van der Waals surface area (Å²) in [5.74, 6) is 4.78. The SMILES string of the molecule is C=Cc1nc(NCc2ccc(OC)cc2)c2c(n1)N(c1ccc(Oc3ccccc3)cc1)CC2(C)C. The maximum atomic E-state index is 5.98. The molecule has 36 heavy (non-hydrogen) atoms. The Balaban J connectivity index is 1.43. The predicted octanol–water partition coefficient (Wildman–Crippen LogP) is 6.96. The Labute approximate surface area is 212 Å². The Bertz CT molecular complexity index is 1350. The van der Waals surface area contributed by atoms with Crippen LogP contribution in [0.4, 0.5) is 17.3 Å². The summed E-state index contributed by atoms with van der Waals surface area (Å²) in [6, 6.07) is 26.0. The lowest BCUT2D eigenvalue weighted by Gasteiger charge is -2.22. The number of anilines is 3. The maximum Gasteiger partial charge on any atom is 0.156 e. The third kappa shape index (κ3) is 4.75. The third-order valence-electron chi connectivity index (χ3n) is 6.32. The molecule has 0 fully saturated rings.